The summed E-state index contributed by atoms with van der Waals surface area (Å²) in [4.78, 5) is 6.80. The lowest BCUT2D eigenvalue weighted by atomic mass is 10.3. The van der Waals surface area contributed by atoms with Gasteiger partial charge in [0.15, 0.2) is 0 Å². The van der Waals surface area contributed by atoms with E-state index in [1.807, 2.05) is 13.0 Å². The van der Waals surface area contributed by atoms with Crippen molar-refractivity contribution in [2.45, 2.75) is 33.2 Å². The van der Waals surface area contributed by atoms with Crippen LogP contribution in [-0.2, 0) is 11.3 Å². The molecule has 1 aromatic rings. The Kier molecular flexibility index (Phi) is 9.20. The van der Waals surface area contributed by atoms with E-state index < -0.39 is 0 Å². The predicted octanol–water partition coefficient (Wildman–Crippen LogP) is 2.23. The Morgan fingerprint density at radius 3 is 2.85 bits per heavy atom. The molecule has 0 aliphatic carbocycles. The van der Waals surface area contributed by atoms with E-state index in [1.165, 1.54) is 6.42 Å². The molecule has 0 aliphatic heterocycles. The van der Waals surface area contributed by atoms with Crippen molar-refractivity contribution >= 4 is 0 Å². The van der Waals surface area contributed by atoms with Gasteiger partial charge in [0.25, 0.3) is 0 Å². The van der Waals surface area contributed by atoms with Crippen LogP contribution in [0.4, 0.5) is 0 Å². The van der Waals surface area contributed by atoms with Gasteiger partial charge in [0, 0.05) is 38.5 Å². The SMILES string of the molecule is CCCCOCCNCCN(C)Cc1cccc(C)n1. The summed E-state index contributed by atoms with van der Waals surface area (Å²) < 4.78 is 5.50. The summed E-state index contributed by atoms with van der Waals surface area (Å²) in [5.74, 6) is 0. The van der Waals surface area contributed by atoms with E-state index in [-0.39, 0.29) is 0 Å². The zero-order chi connectivity index (χ0) is 14.6. The minimum atomic E-state index is 0.809. The van der Waals surface area contributed by atoms with Crippen LogP contribution in [0.25, 0.3) is 0 Å². The molecule has 1 rings (SSSR count). The van der Waals surface area contributed by atoms with Crippen LogP contribution in [0, 0.1) is 6.92 Å². The van der Waals surface area contributed by atoms with Crippen molar-refractivity contribution < 1.29 is 4.74 Å². The van der Waals surface area contributed by atoms with E-state index >= 15 is 0 Å². The van der Waals surface area contributed by atoms with Gasteiger partial charge in [-0.2, -0.15) is 0 Å². The number of aryl methyl sites for hydroxylation is 1. The summed E-state index contributed by atoms with van der Waals surface area (Å²) in [6, 6.07) is 6.18. The van der Waals surface area contributed by atoms with Gasteiger partial charge >= 0.3 is 0 Å². The number of unbranched alkanes of at least 4 members (excludes halogenated alkanes) is 1. The standard InChI is InChI=1S/C16H29N3O/c1-4-5-12-20-13-10-17-9-11-19(3)14-16-8-6-7-15(2)18-16/h6-8,17H,4-5,9-14H2,1-3H3. The molecule has 0 radical (unpaired) electrons. The van der Waals surface area contributed by atoms with Crippen LogP contribution in [-0.4, -0.2) is 49.8 Å². The first kappa shape index (κ1) is 17.1. The third-order valence-electron chi connectivity index (χ3n) is 3.11. The van der Waals surface area contributed by atoms with E-state index in [2.05, 4.69) is 41.3 Å². The molecule has 1 N–H and O–H groups in total. The Morgan fingerprint density at radius 2 is 2.10 bits per heavy atom. The Bertz CT molecular complexity index is 357. The number of hydrogen-bond acceptors (Lipinski definition) is 4. The Morgan fingerprint density at radius 1 is 1.25 bits per heavy atom. The number of likely N-dealkylation sites (N-methyl/N-ethyl adjacent to an activating group) is 1. The van der Waals surface area contributed by atoms with Gasteiger partial charge in [0.1, 0.15) is 0 Å². The molecular formula is C16H29N3O. The molecule has 4 nitrogen and oxygen atoms in total. The van der Waals surface area contributed by atoms with E-state index in [1.54, 1.807) is 0 Å². The molecule has 0 fully saturated rings. The highest BCUT2D eigenvalue weighted by Crippen LogP contribution is 2.01. The number of nitrogens with one attached hydrogen (secondary N) is 1. The molecule has 0 saturated carbocycles. The van der Waals surface area contributed by atoms with Crippen LogP contribution in [0.2, 0.25) is 0 Å². The van der Waals surface area contributed by atoms with Crippen LogP contribution >= 0.6 is 0 Å². The zero-order valence-corrected chi connectivity index (χ0v) is 13.2. The highest BCUT2D eigenvalue weighted by atomic mass is 16.5. The van der Waals surface area contributed by atoms with Crippen molar-refractivity contribution in [1.82, 2.24) is 15.2 Å². The van der Waals surface area contributed by atoms with Gasteiger partial charge in [-0.1, -0.05) is 19.4 Å². The van der Waals surface area contributed by atoms with Crippen LogP contribution < -0.4 is 5.32 Å². The normalized spacial score (nSPS) is 11.2. The molecule has 0 amide bonds. The molecule has 114 valence electrons. The van der Waals surface area contributed by atoms with E-state index in [9.17, 15) is 0 Å². The third kappa shape index (κ3) is 8.25. The third-order valence-corrected chi connectivity index (χ3v) is 3.11. The fourth-order valence-corrected chi connectivity index (χ4v) is 1.93. The molecular weight excluding hydrogens is 250 g/mol. The predicted molar refractivity (Wildman–Crippen MR) is 83.9 cm³/mol. The largest absolute Gasteiger partial charge is 0.380 e. The summed E-state index contributed by atoms with van der Waals surface area (Å²) in [7, 11) is 2.13. The molecule has 0 saturated heterocycles. The fraction of sp³-hybridized carbons (Fsp3) is 0.688. The average molecular weight is 279 g/mol. The molecule has 0 aromatic carbocycles. The lowest BCUT2D eigenvalue weighted by molar-refractivity contribution is 0.132. The van der Waals surface area contributed by atoms with Gasteiger partial charge in [0.05, 0.1) is 12.3 Å². The number of nitrogens with zero attached hydrogens (tertiary/aromatic N) is 2. The maximum absolute atomic E-state index is 5.50. The van der Waals surface area contributed by atoms with Gasteiger partial charge in [-0.25, -0.2) is 0 Å². The maximum Gasteiger partial charge on any atom is 0.0590 e. The second-order valence-electron chi connectivity index (χ2n) is 5.22. The smallest absolute Gasteiger partial charge is 0.0590 e. The van der Waals surface area contributed by atoms with Crippen molar-refractivity contribution in [1.29, 1.82) is 0 Å². The number of ether oxygens (including phenoxy) is 1. The molecule has 20 heavy (non-hydrogen) atoms. The van der Waals surface area contributed by atoms with Crippen molar-refractivity contribution in [2.24, 2.45) is 0 Å². The highest BCUT2D eigenvalue weighted by Gasteiger charge is 2.01. The highest BCUT2D eigenvalue weighted by molar-refractivity contribution is 5.09. The molecule has 1 heterocycles. The van der Waals surface area contributed by atoms with Gasteiger partial charge < -0.3 is 10.1 Å². The summed E-state index contributed by atoms with van der Waals surface area (Å²) in [6.45, 7) is 9.74. The number of pyridine rings is 1. The van der Waals surface area contributed by atoms with Gasteiger partial charge in [0.2, 0.25) is 0 Å². The zero-order valence-electron chi connectivity index (χ0n) is 13.2. The summed E-state index contributed by atoms with van der Waals surface area (Å²) in [5.41, 5.74) is 2.22. The summed E-state index contributed by atoms with van der Waals surface area (Å²) >= 11 is 0. The van der Waals surface area contributed by atoms with Crippen molar-refractivity contribution in [3.8, 4) is 0 Å². The maximum atomic E-state index is 5.50. The average Bonchev–Trinajstić information content (AvgIpc) is 2.42. The van der Waals surface area contributed by atoms with Gasteiger partial charge in [-0.15, -0.1) is 0 Å². The van der Waals surface area contributed by atoms with Crippen molar-refractivity contribution in [3.63, 3.8) is 0 Å². The molecule has 4 heteroatoms. The lowest BCUT2D eigenvalue weighted by Crippen LogP contribution is -2.31. The number of aromatic nitrogens is 1. The van der Waals surface area contributed by atoms with Crippen LogP contribution in [0.5, 0.6) is 0 Å². The van der Waals surface area contributed by atoms with Crippen LogP contribution in [0.15, 0.2) is 18.2 Å². The molecule has 1 aromatic heterocycles. The first-order valence-electron chi connectivity index (χ1n) is 7.62. The molecule has 0 spiro atoms. The Balaban J connectivity index is 2.01. The number of hydrogen-bond donors (Lipinski definition) is 1. The van der Waals surface area contributed by atoms with Crippen molar-refractivity contribution in [2.75, 3.05) is 39.9 Å². The second kappa shape index (κ2) is 10.8. The number of rotatable bonds is 11. The van der Waals surface area contributed by atoms with E-state index in [4.69, 9.17) is 4.74 Å². The van der Waals surface area contributed by atoms with E-state index in [0.717, 1.165) is 57.2 Å². The van der Waals surface area contributed by atoms with Crippen LogP contribution in [0.3, 0.4) is 0 Å². The first-order chi connectivity index (χ1) is 9.72. The van der Waals surface area contributed by atoms with Gasteiger partial charge in [-0.05, 0) is 32.5 Å². The molecule has 0 unspecified atom stereocenters. The first-order valence-corrected chi connectivity index (χ1v) is 7.62. The Hall–Kier alpha value is -0.970. The van der Waals surface area contributed by atoms with Crippen molar-refractivity contribution in [3.05, 3.63) is 29.6 Å². The Labute approximate surface area is 123 Å². The summed E-state index contributed by atoms with van der Waals surface area (Å²) in [5, 5.41) is 3.40. The topological polar surface area (TPSA) is 37.4 Å². The monoisotopic (exact) mass is 279 g/mol. The fourth-order valence-electron chi connectivity index (χ4n) is 1.93. The lowest BCUT2D eigenvalue weighted by Gasteiger charge is -2.16. The minimum Gasteiger partial charge on any atom is -0.380 e. The van der Waals surface area contributed by atoms with Crippen LogP contribution in [0.1, 0.15) is 31.2 Å². The van der Waals surface area contributed by atoms with Gasteiger partial charge in [-0.3, -0.25) is 9.88 Å². The summed E-state index contributed by atoms with van der Waals surface area (Å²) in [6.07, 6.45) is 2.36. The van der Waals surface area contributed by atoms with E-state index in [0.29, 0.717) is 0 Å². The second-order valence-corrected chi connectivity index (χ2v) is 5.22. The quantitative estimate of drug-likeness (QED) is 0.630. The molecule has 0 atom stereocenters. The molecule has 0 aliphatic rings. The molecule has 0 bridgehead atoms. The minimum absolute atomic E-state index is 0.809.